The van der Waals surface area contributed by atoms with Gasteiger partial charge < -0.3 is 19.5 Å². The molecule has 238 valence electrons. The molecule has 6 rings (SSSR count). The van der Waals surface area contributed by atoms with Gasteiger partial charge in [-0.3, -0.25) is 14.2 Å². The van der Waals surface area contributed by atoms with Crippen LogP contribution in [-0.2, 0) is 11.4 Å². The van der Waals surface area contributed by atoms with Gasteiger partial charge in [0.1, 0.15) is 12.4 Å². The van der Waals surface area contributed by atoms with Gasteiger partial charge in [-0.05, 0) is 101 Å². The lowest BCUT2D eigenvalue weighted by Crippen LogP contribution is -2.40. The van der Waals surface area contributed by atoms with E-state index in [0.29, 0.717) is 55.2 Å². The number of hydrogen-bond acceptors (Lipinski definition) is 7. The molecule has 1 N–H and O–H groups in total. The molecule has 1 amide bonds. The zero-order valence-corrected chi connectivity index (χ0v) is 29.4. The van der Waals surface area contributed by atoms with Crippen LogP contribution in [0.25, 0.3) is 6.08 Å². The maximum atomic E-state index is 14.2. The second-order valence-electron chi connectivity index (χ2n) is 10.6. The number of methoxy groups -OCH3 is 2. The summed E-state index contributed by atoms with van der Waals surface area (Å²) in [5.74, 6) is 1.41. The molecule has 1 aliphatic rings. The Labute approximate surface area is 293 Å². The monoisotopic (exact) mass is 777 g/mol. The van der Waals surface area contributed by atoms with Crippen molar-refractivity contribution >= 4 is 63.2 Å². The van der Waals surface area contributed by atoms with Crippen LogP contribution in [0, 0.1) is 3.57 Å². The van der Waals surface area contributed by atoms with Gasteiger partial charge in [0.2, 0.25) is 0 Å². The first kappa shape index (κ1) is 32.5. The summed E-state index contributed by atoms with van der Waals surface area (Å²) in [6, 6.07) is 27.1. The van der Waals surface area contributed by atoms with Crippen molar-refractivity contribution in [3.05, 3.63) is 147 Å². The number of allylic oxidation sites excluding steroid dienone is 1. The normalized spacial score (nSPS) is 14.3. The Morgan fingerprint density at radius 3 is 2.51 bits per heavy atom. The van der Waals surface area contributed by atoms with E-state index in [-0.39, 0.29) is 11.5 Å². The fourth-order valence-electron chi connectivity index (χ4n) is 5.31. The Balaban J connectivity index is 1.41. The molecule has 1 aliphatic heterocycles. The van der Waals surface area contributed by atoms with Crippen molar-refractivity contribution in [2.45, 2.75) is 19.6 Å². The summed E-state index contributed by atoms with van der Waals surface area (Å²) in [7, 11) is 3.16. The molecule has 11 heteroatoms. The Bertz CT molecular complexity index is 2180. The SMILES string of the molecule is COc1cccc([C@H]2C(C(=O)Nc3ccccc3)=C(C)N=c3s/c(=C\c4cc(I)c(OCc5ccc(Cl)cc5)c(OC)c4)c(=O)n32)c1. The van der Waals surface area contributed by atoms with Gasteiger partial charge in [0.25, 0.3) is 11.5 Å². The number of anilines is 1. The zero-order chi connectivity index (χ0) is 33.1. The average Bonchev–Trinajstić information content (AvgIpc) is 3.37. The van der Waals surface area contributed by atoms with E-state index < -0.39 is 6.04 Å². The standard InChI is InChI=1S/C36H29ClIN3O5S/c1-21-31(34(42)40-26-9-5-4-6-10-26)32(24-8-7-11-27(19-24)44-2)41-35(43)30(47-36(41)39-21)18-23-16-28(38)33(29(17-23)45-3)46-20-22-12-14-25(37)15-13-22/h4-19,32H,20H2,1-3H3,(H,40,42)/b30-18-/t32-/m0/s1. The van der Waals surface area contributed by atoms with Crippen LogP contribution in [0.3, 0.4) is 0 Å². The number of thiazole rings is 1. The van der Waals surface area contributed by atoms with Gasteiger partial charge in [-0.1, -0.05) is 65.4 Å². The molecular formula is C36H29ClIN3O5S. The molecule has 1 aromatic heterocycles. The van der Waals surface area contributed by atoms with Crippen LogP contribution < -0.4 is 34.4 Å². The third-order valence-corrected chi connectivity index (χ3v) is 9.59. The van der Waals surface area contributed by atoms with Gasteiger partial charge in [0, 0.05) is 10.7 Å². The van der Waals surface area contributed by atoms with Gasteiger partial charge in [0.05, 0.1) is 39.6 Å². The minimum atomic E-state index is -0.731. The number of nitrogens with zero attached hydrogens (tertiary/aromatic N) is 2. The molecule has 2 heterocycles. The number of rotatable bonds is 9. The predicted molar refractivity (Wildman–Crippen MR) is 193 cm³/mol. The van der Waals surface area contributed by atoms with Crippen molar-refractivity contribution in [1.29, 1.82) is 0 Å². The van der Waals surface area contributed by atoms with Crippen molar-refractivity contribution in [2.24, 2.45) is 4.99 Å². The third-order valence-electron chi connectivity index (χ3n) is 7.55. The molecule has 1 atom stereocenters. The summed E-state index contributed by atoms with van der Waals surface area (Å²) in [5.41, 5.74) is 3.72. The number of carbonyl (C=O) groups excluding carboxylic acids is 1. The molecule has 0 fully saturated rings. The summed E-state index contributed by atoms with van der Waals surface area (Å²) in [5, 5.41) is 3.63. The number of nitrogens with one attached hydrogen (secondary N) is 1. The number of para-hydroxylation sites is 1. The Kier molecular flexibility index (Phi) is 9.81. The van der Waals surface area contributed by atoms with Crippen molar-refractivity contribution in [3.8, 4) is 17.2 Å². The number of hydrogen-bond donors (Lipinski definition) is 1. The van der Waals surface area contributed by atoms with E-state index >= 15 is 0 Å². The molecule has 0 saturated carbocycles. The molecule has 0 aliphatic carbocycles. The molecule has 5 aromatic rings. The molecule has 0 saturated heterocycles. The highest BCUT2D eigenvalue weighted by Gasteiger charge is 2.33. The molecule has 47 heavy (non-hydrogen) atoms. The number of halogens is 2. The summed E-state index contributed by atoms with van der Waals surface area (Å²) in [4.78, 5) is 33.3. The quantitative estimate of drug-likeness (QED) is 0.168. The number of amides is 1. The van der Waals surface area contributed by atoms with E-state index in [9.17, 15) is 9.59 Å². The second-order valence-corrected chi connectivity index (χ2v) is 13.2. The van der Waals surface area contributed by atoms with Crippen molar-refractivity contribution in [2.75, 3.05) is 19.5 Å². The first-order valence-electron chi connectivity index (χ1n) is 14.5. The second kappa shape index (κ2) is 14.2. The summed E-state index contributed by atoms with van der Waals surface area (Å²) in [6.07, 6.45) is 1.81. The van der Waals surface area contributed by atoms with Gasteiger partial charge >= 0.3 is 0 Å². The van der Waals surface area contributed by atoms with Crippen LogP contribution in [0.5, 0.6) is 17.2 Å². The zero-order valence-electron chi connectivity index (χ0n) is 25.6. The number of benzene rings is 4. The highest BCUT2D eigenvalue weighted by atomic mass is 127. The molecular weight excluding hydrogens is 749 g/mol. The van der Waals surface area contributed by atoms with E-state index in [2.05, 4.69) is 27.9 Å². The molecule has 0 radical (unpaired) electrons. The van der Waals surface area contributed by atoms with E-state index in [0.717, 1.165) is 20.3 Å². The van der Waals surface area contributed by atoms with Crippen LogP contribution in [0.4, 0.5) is 5.69 Å². The fraction of sp³-hybridized carbons (Fsp3) is 0.139. The summed E-state index contributed by atoms with van der Waals surface area (Å²) < 4.78 is 20.2. The first-order valence-corrected chi connectivity index (χ1v) is 16.8. The average molecular weight is 778 g/mol. The van der Waals surface area contributed by atoms with Crippen molar-refractivity contribution in [3.63, 3.8) is 0 Å². The number of aromatic nitrogens is 1. The largest absolute Gasteiger partial charge is 0.497 e. The van der Waals surface area contributed by atoms with E-state index in [1.54, 1.807) is 25.7 Å². The highest BCUT2D eigenvalue weighted by Crippen LogP contribution is 2.35. The Morgan fingerprint density at radius 1 is 1.02 bits per heavy atom. The topological polar surface area (TPSA) is 91.2 Å². The molecule has 0 unspecified atom stereocenters. The maximum absolute atomic E-state index is 14.2. The Morgan fingerprint density at radius 2 is 1.79 bits per heavy atom. The summed E-state index contributed by atoms with van der Waals surface area (Å²) in [6.45, 7) is 2.13. The number of ether oxygens (including phenoxy) is 3. The van der Waals surface area contributed by atoms with Crippen molar-refractivity contribution < 1.29 is 19.0 Å². The lowest BCUT2D eigenvalue weighted by Gasteiger charge is -2.25. The minimum Gasteiger partial charge on any atom is -0.497 e. The van der Waals surface area contributed by atoms with E-state index in [4.69, 9.17) is 30.8 Å². The molecule has 4 aromatic carbocycles. The third kappa shape index (κ3) is 6.99. The van der Waals surface area contributed by atoms with Crippen LogP contribution in [-0.4, -0.2) is 24.7 Å². The molecule has 0 spiro atoms. The van der Waals surface area contributed by atoms with Gasteiger partial charge in [0.15, 0.2) is 16.3 Å². The Hall–Kier alpha value is -4.39. The smallest absolute Gasteiger partial charge is 0.271 e. The minimum absolute atomic E-state index is 0.267. The van der Waals surface area contributed by atoms with Gasteiger partial charge in [-0.25, -0.2) is 4.99 Å². The van der Waals surface area contributed by atoms with E-state index in [1.807, 2.05) is 97.1 Å². The lowest BCUT2D eigenvalue weighted by atomic mass is 9.95. The fourth-order valence-corrected chi connectivity index (χ4v) is 7.26. The van der Waals surface area contributed by atoms with Crippen LogP contribution in [0.15, 0.2) is 112 Å². The van der Waals surface area contributed by atoms with Crippen LogP contribution in [0.2, 0.25) is 5.02 Å². The molecule has 8 nitrogen and oxygen atoms in total. The van der Waals surface area contributed by atoms with Gasteiger partial charge in [-0.2, -0.15) is 0 Å². The van der Waals surface area contributed by atoms with Gasteiger partial charge in [-0.15, -0.1) is 0 Å². The number of carbonyl (C=O) groups is 1. The van der Waals surface area contributed by atoms with Crippen LogP contribution in [0.1, 0.15) is 29.7 Å². The number of fused-ring (bicyclic) bond motifs is 1. The van der Waals surface area contributed by atoms with E-state index in [1.165, 1.54) is 11.3 Å². The maximum Gasteiger partial charge on any atom is 0.271 e. The highest BCUT2D eigenvalue weighted by molar-refractivity contribution is 14.1. The predicted octanol–water partition coefficient (Wildman–Crippen LogP) is 6.73. The van der Waals surface area contributed by atoms with Crippen LogP contribution >= 0.6 is 45.5 Å². The first-order chi connectivity index (χ1) is 22.7. The molecule has 0 bridgehead atoms. The van der Waals surface area contributed by atoms with Crippen molar-refractivity contribution in [1.82, 2.24) is 4.57 Å². The lowest BCUT2D eigenvalue weighted by molar-refractivity contribution is -0.113. The summed E-state index contributed by atoms with van der Waals surface area (Å²) >= 11 is 9.49.